The molecule has 0 amide bonds. The van der Waals surface area contributed by atoms with Gasteiger partial charge in [0, 0.05) is 0 Å². The van der Waals surface area contributed by atoms with Crippen molar-refractivity contribution in [2.45, 2.75) is 13.8 Å². The minimum atomic E-state index is -0.232. The van der Waals surface area contributed by atoms with Gasteiger partial charge in [-0.05, 0) is 31.6 Å². The van der Waals surface area contributed by atoms with Gasteiger partial charge >= 0.3 is 0 Å². The van der Waals surface area contributed by atoms with Gasteiger partial charge in [-0.1, -0.05) is 5.92 Å². The maximum absolute atomic E-state index is 11.9. The Bertz CT molecular complexity index is 175. The molecule has 0 aliphatic carbocycles. The predicted molar refractivity (Wildman–Crippen MR) is 37.5 cm³/mol. The van der Waals surface area contributed by atoms with E-state index in [9.17, 15) is 4.39 Å². The third-order valence-electron chi connectivity index (χ3n) is 0.791. The Morgan fingerprint density at radius 1 is 1.44 bits per heavy atom. The Kier molecular flexibility index (Phi) is 3.46. The Morgan fingerprint density at radius 2 is 2.00 bits per heavy atom. The average molecular weight is 124 g/mol. The second kappa shape index (κ2) is 3.91. The van der Waals surface area contributed by atoms with Crippen LogP contribution in [0.5, 0.6) is 0 Å². The summed E-state index contributed by atoms with van der Waals surface area (Å²) in [7, 11) is 0. The highest BCUT2D eigenvalue weighted by Gasteiger charge is 1.78. The van der Waals surface area contributed by atoms with Crippen molar-refractivity contribution in [1.29, 1.82) is 0 Å². The largest absolute Gasteiger partial charge is 0.212 e. The van der Waals surface area contributed by atoms with Gasteiger partial charge in [-0.3, -0.25) is 0 Å². The number of rotatable bonds is 1. The van der Waals surface area contributed by atoms with E-state index < -0.39 is 0 Å². The SMILES string of the molecule is C#C/C(C)=C/C=C(\C)F. The monoisotopic (exact) mass is 124 g/mol. The number of hydrogen-bond acceptors (Lipinski definition) is 0. The molecule has 9 heavy (non-hydrogen) atoms. The van der Waals surface area contributed by atoms with Crippen LogP contribution in [0.3, 0.4) is 0 Å². The minimum Gasteiger partial charge on any atom is -0.212 e. The molecule has 0 saturated carbocycles. The molecular weight excluding hydrogens is 115 g/mol. The molecule has 0 saturated heterocycles. The van der Waals surface area contributed by atoms with Crippen molar-refractivity contribution in [3.05, 3.63) is 23.6 Å². The lowest BCUT2D eigenvalue weighted by Gasteiger charge is -1.81. The third-order valence-corrected chi connectivity index (χ3v) is 0.791. The van der Waals surface area contributed by atoms with Gasteiger partial charge in [0.05, 0.1) is 5.83 Å². The van der Waals surface area contributed by atoms with Crippen LogP contribution in [0.1, 0.15) is 13.8 Å². The smallest absolute Gasteiger partial charge is 0.0969 e. The molecule has 0 spiro atoms. The standard InChI is InChI=1S/C8H9F/c1-4-7(2)5-6-8(3)9/h1,5-6H,2-3H3/b7-5+,8-6+. The van der Waals surface area contributed by atoms with E-state index in [1.807, 2.05) is 0 Å². The number of allylic oxidation sites excluding steroid dienone is 4. The fourth-order valence-electron chi connectivity index (χ4n) is 0.288. The average Bonchev–Trinajstić information content (AvgIpc) is 1.83. The molecule has 0 atom stereocenters. The van der Waals surface area contributed by atoms with Crippen LogP contribution in [0.25, 0.3) is 0 Å². The van der Waals surface area contributed by atoms with E-state index in [-0.39, 0.29) is 5.83 Å². The second-order valence-electron chi connectivity index (χ2n) is 1.75. The molecule has 0 heterocycles. The molecule has 0 nitrogen and oxygen atoms in total. The number of terminal acetylenes is 1. The molecule has 0 bridgehead atoms. The van der Waals surface area contributed by atoms with Crippen molar-refractivity contribution < 1.29 is 4.39 Å². The topological polar surface area (TPSA) is 0 Å². The van der Waals surface area contributed by atoms with Crippen molar-refractivity contribution in [3.63, 3.8) is 0 Å². The van der Waals surface area contributed by atoms with Gasteiger partial charge in [-0.15, -0.1) is 6.42 Å². The lowest BCUT2D eigenvalue weighted by atomic mass is 10.3. The van der Waals surface area contributed by atoms with Crippen molar-refractivity contribution >= 4 is 0 Å². The first-order valence-corrected chi connectivity index (χ1v) is 2.64. The molecule has 0 aromatic rings. The second-order valence-corrected chi connectivity index (χ2v) is 1.75. The summed E-state index contributed by atoms with van der Waals surface area (Å²) >= 11 is 0. The highest BCUT2D eigenvalue weighted by atomic mass is 19.1. The van der Waals surface area contributed by atoms with Crippen LogP contribution < -0.4 is 0 Å². The van der Waals surface area contributed by atoms with Crippen molar-refractivity contribution in [2.24, 2.45) is 0 Å². The van der Waals surface area contributed by atoms with Gasteiger partial charge in [-0.25, -0.2) is 4.39 Å². The van der Waals surface area contributed by atoms with E-state index in [2.05, 4.69) is 5.92 Å². The van der Waals surface area contributed by atoms with E-state index in [1.165, 1.54) is 13.0 Å². The first-order chi connectivity index (χ1) is 4.16. The van der Waals surface area contributed by atoms with Crippen LogP contribution in [-0.2, 0) is 0 Å². The zero-order valence-corrected chi connectivity index (χ0v) is 5.61. The highest BCUT2D eigenvalue weighted by Crippen LogP contribution is 1.96. The summed E-state index contributed by atoms with van der Waals surface area (Å²) in [5.41, 5.74) is 0.729. The number of hydrogen-bond donors (Lipinski definition) is 0. The normalized spacial score (nSPS) is 13.1. The summed E-state index contributed by atoms with van der Waals surface area (Å²) in [5, 5.41) is 0. The van der Waals surface area contributed by atoms with Gasteiger partial charge in [0.15, 0.2) is 0 Å². The van der Waals surface area contributed by atoms with Gasteiger partial charge in [0.2, 0.25) is 0 Å². The van der Waals surface area contributed by atoms with Crippen molar-refractivity contribution in [2.75, 3.05) is 0 Å². The Morgan fingerprint density at radius 3 is 2.33 bits per heavy atom. The summed E-state index contributed by atoms with van der Waals surface area (Å²) in [6.07, 6.45) is 7.90. The molecular formula is C8H9F. The van der Waals surface area contributed by atoms with Gasteiger partial charge in [0.1, 0.15) is 0 Å². The molecule has 0 radical (unpaired) electrons. The van der Waals surface area contributed by atoms with E-state index in [1.54, 1.807) is 13.0 Å². The predicted octanol–water partition coefficient (Wildman–Crippen LogP) is 2.44. The Balaban J connectivity index is 4.03. The minimum absolute atomic E-state index is 0.232. The van der Waals surface area contributed by atoms with Crippen molar-refractivity contribution in [1.82, 2.24) is 0 Å². The van der Waals surface area contributed by atoms with Crippen molar-refractivity contribution in [3.8, 4) is 12.3 Å². The van der Waals surface area contributed by atoms with Crippen LogP contribution in [0, 0.1) is 12.3 Å². The Hall–Kier alpha value is -1.03. The van der Waals surface area contributed by atoms with E-state index in [0.717, 1.165) is 5.57 Å². The van der Waals surface area contributed by atoms with E-state index in [4.69, 9.17) is 6.42 Å². The van der Waals surface area contributed by atoms with E-state index >= 15 is 0 Å². The van der Waals surface area contributed by atoms with Crippen LogP contribution in [0.2, 0.25) is 0 Å². The van der Waals surface area contributed by atoms with Crippen LogP contribution in [0.15, 0.2) is 23.6 Å². The van der Waals surface area contributed by atoms with Gasteiger partial charge in [0.25, 0.3) is 0 Å². The molecule has 1 heteroatoms. The third kappa shape index (κ3) is 4.83. The zero-order valence-electron chi connectivity index (χ0n) is 5.61. The lowest BCUT2D eigenvalue weighted by molar-refractivity contribution is 0.640. The van der Waals surface area contributed by atoms with Gasteiger partial charge < -0.3 is 0 Å². The quantitative estimate of drug-likeness (QED) is 0.372. The summed E-state index contributed by atoms with van der Waals surface area (Å²) in [5.74, 6) is 2.14. The highest BCUT2D eigenvalue weighted by molar-refractivity contribution is 5.27. The summed E-state index contributed by atoms with van der Waals surface area (Å²) in [4.78, 5) is 0. The first-order valence-electron chi connectivity index (χ1n) is 2.64. The molecule has 0 unspecified atom stereocenters. The summed E-state index contributed by atoms with van der Waals surface area (Å²) in [6.45, 7) is 3.12. The van der Waals surface area contributed by atoms with Crippen LogP contribution in [0.4, 0.5) is 4.39 Å². The fraction of sp³-hybridized carbons (Fsp3) is 0.250. The Labute approximate surface area is 55.1 Å². The molecule has 0 aromatic carbocycles. The maximum Gasteiger partial charge on any atom is 0.0969 e. The van der Waals surface area contributed by atoms with Crippen LogP contribution >= 0.6 is 0 Å². The zero-order chi connectivity index (χ0) is 7.28. The molecule has 0 fully saturated rings. The molecule has 0 N–H and O–H groups in total. The van der Waals surface area contributed by atoms with E-state index in [0.29, 0.717) is 0 Å². The molecule has 0 aliphatic heterocycles. The first kappa shape index (κ1) is 7.97. The summed E-state index contributed by atoms with van der Waals surface area (Å²) < 4.78 is 11.9. The van der Waals surface area contributed by atoms with Gasteiger partial charge in [-0.2, -0.15) is 0 Å². The lowest BCUT2D eigenvalue weighted by Crippen LogP contribution is -1.64. The molecule has 48 valence electrons. The molecule has 0 aromatic heterocycles. The molecule has 0 aliphatic rings. The molecule has 0 rings (SSSR count). The maximum atomic E-state index is 11.9. The summed E-state index contributed by atoms with van der Waals surface area (Å²) in [6, 6.07) is 0. The van der Waals surface area contributed by atoms with Crippen LogP contribution in [-0.4, -0.2) is 0 Å². The number of halogens is 1. The fourth-order valence-corrected chi connectivity index (χ4v) is 0.288.